The van der Waals surface area contributed by atoms with Crippen LogP contribution in [-0.4, -0.2) is 0 Å². The molecular formula is C11H18. The molecule has 0 N–H and O–H groups in total. The third-order valence-electron chi connectivity index (χ3n) is 2.07. The molecule has 0 nitrogen and oxygen atoms in total. The van der Waals surface area contributed by atoms with Crippen LogP contribution in [0.15, 0.2) is 23.3 Å². The maximum Gasteiger partial charge on any atom is -0.0261 e. The Bertz CT molecular complexity index is 172. The Morgan fingerprint density at radius 2 is 2.09 bits per heavy atom. The van der Waals surface area contributed by atoms with E-state index in [1.165, 1.54) is 32.1 Å². The molecule has 1 rings (SSSR count). The number of rotatable bonds is 5. The van der Waals surface area contributed by atoms with Crippen molar-refractivity contribution in [2.45, 2.75) is 46.0 Å². The fraction of sp³-hybridized carbons (Fsp3) is 0.636. The molecule has 0 heterocycles. The van der Waals surface area contributed by atoms with E-state index < -0.39 is 0 Å². The molecule has 0 unspecified atom stereocenters. The van der Waals surface area contributed by atoms with Crippen LogP contribution >= 0.6 is 0 Å². The van der Waals surface area contributed by atoms with Gasteiger partial charge in [0.05, 0.1) is 0 Å². The molecule has 0 atom stereocenters. The van der Waals surface area contributed by atoms with E-state index in [0.29, 0.717) is 0 Å². The Morgan fingerprint density at radius 3 is 2.73 bits per heavy atom. The highest BCUT2D eigenvalue weighted by molar-refractivity contribution is 5.56. The average molecular weight is 150 g/mol. The summed E-state index contributed by atoms with van der Waals surface area (Å²) in [4.78, 5) is 0. The standard InChI is InChI=1S/C11H18/c1-3-5-7-10-9-11(10)8-6-4-2/h7,9H,3-6,8H2,1-2H3. The molecule has 0 saturated heterocycles. The molecule has 1 aliphatic rings. The molecule has 11 heavy (non-hydrogen) atoms. The normalized spacial score (nSPS) is 18.7. The smallest absolute Gasteiger partial charge is 0.0261 e. The van der Waals surface area contributed by atoms with E-state index in [2.05, 4.69) is 26.0 Å². The number of hydrogen-bond acceptors (Lipinski definition) is 0. The first kappa shape index (κ1) is 8.58. The molecule has 0 radical (unpaired) electrons. The van der Waals surface area contributed by atoms with E-state index in [0.717, 1.165) is 0 Å². The van der Waals surface area contributed by atoms with Crippen molar-refractivity contribution < 1.29 is 0 Å². The summed E-state index contributed by atoms with van der Waals surface area (Å²) in [5, 5.41) is 0. The van der Waals surface area contributed by atoms with Crippen LogP contribution in [-0.2, 0) is 0 Å². The van der Waals surface area contributed by atoms with Gasteiger partial charge in [-0.15, -0.1) is 0 Å². The van der Waals surface area contributed by atoms with Crippen LogP contribution in [0.5, 0.6) is 0 Å². The van der Waals surface area contributed by atoms with E-state index >= 15 is 0 Å². The van der Waals surface area contributed by atoms with Gasteiger partial charge in [0.2, 0.25) is 0 Å². The predicted molar refractivity (Wildman–Crippen MR) is 50.6 cm³/mol. The molecule has 0 bridgehead atoms. The van der Waals surface area contributed by atoms with Crippen LogP contribution in [0, 0.1) is 0 Å². The Labute approximate surface area is 70.0 Å². The van der Waals surface area contributed by atoms with E-state index in [1.807, 2.05) is 0 Å². The summed E-state index contributed by atoms with van der Waals surface area (Å²) in [6.07, 6.45) is 11.2. The summed E-state index contributed by atoms with van der Waals surface area (Å²) < 4.78 is 0. The van der Waals surface area contributed by atoms with Crippen molar-refractivity contribution in [3.63, 3.8) is 0 Å². The summed E-state index contributed by atoms with van der Waals surface area (Å²) in [6.45, 7) is 4.48. The summed E-state index contributed by atoms with van der Waals surface area (Å²) in [6, 6.07) is 0. The van der Waals surface area contributed by atoms with Gasteiger partial charge in [-0.1, -0.05) is 38.8 Å². The zero-order valence-corrected chi connectivity index (χ0v) is 7.69. The van der Waals surface area contributed by atoms with Gasteiger partial charge in [-0.05, 0) is 30.4 Å². The van der Waals surface area contributed by atoms with E-state index in [9.17, 15) is 0 Å². The third-order valence-corrected chi connectivity index (χ3v) is 2.07. The van der Waals surface area contributed by atoms with Crippen LogP contribution in [0.3, 0.4) is 0 Å². The molecule has 0 spiro atoms. The zero-order valence-electron chi connectivity index (χ0n) is 7.69. The van der Waals surface area contributed by atoms with Gasteiger partial charge in [-0.25, -0.2) is 0 Å². The monoisotopic (exact) mass is 150 g/mol. The molecule has 0 aliphatic heterocycles. The first-order valence-electron chi connectivity index (χ1n) is 4.79. The summed E-state index contributed by atoms with van der Waals surface area (Å²) >= 11 is 0. The van der Waals surface area contributed by atoms with Gasteiger partial charge < -0.3 is 0 Å². The van der Waals surface area contributed by atoms with Crippen LogP contribution in [0.4, 0.5) is 0 Å². The topological polar surface area (TPSA) is 0 Å². The highest BCUT2D eigenvalue weighted by Crippen LogP contribution is 2.32. The summed E-state index contributed by atoms with van der Waals surface area (Å²) in [7, 11) is 0. The zero-order chi connectivity index (χ0) is 8.10. The molecule has 0 aromatic carbocycles. The van der Waals surface area contributed by atoms with Gasteiger partial charge in [0.25, 0.3) is 0 Å². The van der Waals surface area contributed by atoms with Gasteiger partial charge in [0, 0.05) is 0 Å². The second-order valence-corrected chi connectivity index (χ2v) is 3.22. The van der Waals surface area contributed by atoms with Gasteiger partial charge in [-0.2, -0.15) is 0 Å². The minimum absolute atomic E-state index is 1.25. The summed E-state index contributed by atoms with van der Waals surface area (Å²) in [5.41, 5.74) is 3.15. The lowest BCUT2D eigenvalue weighted by Gasteiger charge is -1.89. The van der Waals surface area contributed by atoms with Gasteiger partial charge in [0.1, 0.15) is 0 Å². The average Bonchev–Trinajstić information content (AvgIpc) is 2.76. The molecule has 0 aromatic rings. The van der Waals surface area contributed by atoms with Crippen LogP contribution in [0.1, 0.15) is 46.0 Å². The minimum atomic E-state index is 1.25. The maximum absolute atomic E-state index is 2.37. The maximum atomic E-state index is 2.37. The second kappa shape index (κ2) is 4.38. The van der Waals surface area contributed by atoms with Gasteiger partial charge in [0.15, 0.2) is 0 Å². The van der Waals surface area contributed by atoms with Crippen LogP contribution in [0.2, 0.25) is 0 Å². The van der Waals surface area contributed by atoms with Crippen molar-refractivity contribution in [3.05, 3.63) is 23.3 Å². The van der Waals surface area contributed by atoms with E-state index in [4.69, 9.17) is 0 Å². The molecule has 0 heteroatoms. The first-order valence-corrected chi connectivity index (χ1v) is 4.79. The first-order chi connectivity index (χ1) is 5.38. The van der Waals surface area contributed by atoms with Crippen molar-refractivity contribution in [3.8, 4) is 0 Å². The van der Waals surface area contributed by atoms with Gasteiger partial charge >= 0.3 is 0 Å². The van der Waals surface area contributed by atoms with E-state index in [-0.39, 0.29) is 0 Å². The SMILES string of the molecule is CCCC=C1C=C1CCCC. The third kappa shape index (κ3) is 2.92. The predicted octanol–water partition coefficient (Wildman–Crippen LogP) is 3.84. The van der Waals surface area contributed by atoms with Crippen molar-refractivity contribution in [2.24, 2.45) is 0 Å². The second-order valence-electron chi connectivity index (χ2n) is 3.22. The Morgan fingerprint density at radius 1 is 1.27 bits per heavy atom. The van der Waals surface area contributed by atoms with Crippen molar-refractivity contribution in [2.75, 3.05) is 0 Å². The summed E-state index contributed by atoms with van der Waals surface area (Å²) in [5.74, 6) is 0. The fourth-order valence-corrected chi connectivity index (χ4v) is 1.23. The quantitative estimate of drug-likeness (QED) is 0.558. The lowest BCUT2D eigenvalue weighted by atomic mass is 10.2. The van der Waals surface area contributed by atoms with Crippen LogP contribution < -0.4 is 0 Å². The van der Waals surface area contributed by atoms with Crippen molar-refractivity contribution >= 4 is 0 Å². The molecule has 0 saturated carbocycles. The van der Waals surface area contributed by atoms with Crippen LogP contribution in [0.25, 0.3) is 0 Å². The lowest BCUT2D eigenvalue weighted by Crippen LogP contribution is -1.70. The molecule has 1 aliphatic carbocycles. The number of unbranched alkanes of at least 4 members (excludes halogenated alkanes) is 2. The number of allylic oxidation sites excluding steroid dienone is 4. The molecule has 0 fully saturated rings. The number of hydrogen-bond donors (Lipinski definition) is 0. The Hall–Kier alpha value is -0.520. The van der Waals surface area contributed by atoms with Crippen molar-refractivity contribution in [1.82, 2.24) is 0 Å². The minimum Gasteiger partial charge on any atom is -0.0770 e. The molecule has 0 amide bonds. The Balaban J connectivity index is 2.09. The molecule has 62 valence electrons. The Kier molecular flexibility index (Phi) is 3.41. The molecular weight excluding hydrogens is 132 g/mol. The van der Waals surface area contributed by atoms with Crippen molar-refractivity contribution in [1.29, 1.82) is 0 Å². The lowest BCUT2D eigenvalue weighted by molar-refractivity contribution is 0.805. The highest BCUT2D eigenvalue weighted by atomic mass is 14.2. The largest absolute Gasteiger partial charge is 0.0770 e. The highest BCUT2D eigenvalue weighted by Gasteiger charge is 2.13. The fourth-order valence-electron chi connectivity index (χ4n) is 1.23. The molecule has 0 aromatic heterocycles. The van der Waals surface area contributed by atoms with Gasteiger partial charge in [-0.3, -0.25) is 0 Å². The van der Waals surface area contributed by atoms with E-state index in [1.54, 1.807) is 11.1 Å².